The molecule has 1 saturated carbocycles. The average Bonchev–Trinajstić information content (AvgIpc) is 2.89. The van der Waals surface area contributed by atoms with E-state index in [1.54, 1.807) is 6.92 Å². The zero-order valence-corrected chi connectivity index (χ0v) is 23.8. The lowest BCUT2D eigenvalue weighted by molar-refractivity contribution is -0.150. The van der Waals surface area contributed by atoms with Crippen molar-refractivity contribution >= 4 is 35.1 Å². The molecule has 40 heavy (non-hydrogen) atoms. The standard InChI is InChI=1S/C29H33ClFN3O6/c1-16(28(2,3)31)33-25(35)20-7-6-18(30)13-22(20)34-26(36)21-14-23(17(15-32)12-24(21)39-5)40-19-8-10-29(4,11-9-19)27(37)38/h6-7,12-14,16,19H,8-11H2,1-5H3,(H,33,35)(H,34,36)(H,37,38). The number of carboxylic acids is 1. The SMILES string of the molecule is COc1cc(C#N)c(OC2CCC(C)(C(=O)O)CC2)cc1C(=O)Nc1cc(Cl)ccc1C(=O)NC(C)C(C)(C)F. The third-order valence-corrected chi connectivity index (χ3v) is 7.60. The molecule has 1 atom stereocenters. The van der Waals surface area contributed by atoms with Gasteiger partial charge >= 0.3 is 5.97 Å². The number of benzene rings is 2. The van der Waals surface area contributed by atoms with E-state index in [1.807, 2.05) is 6.07 Å². The molecule has 0 spiro atoms. The molecule has 2 amide bonds. The smallest absolute Gasteiger partial charge is 0.309 e. The topological polar surface area (TPSA) is 138 Å². The van der Waals surface area contributed by atoms with Gasteiger partial charge in [0.15, 0.2) is 0 Å². The highest BCUT2D eigenvalue weighted by molar-refractivity contribution is 6.31. The molecular formula is C29H33ClFN3O6. The van der Waals surface area contributed by atoms with Crippen LogP contribution in [-0.4, -0.2) is 47.8 Å². The first kappa shape index (κ1) is 30.7. The largest absolute Gasteiger partial charge is 0.496 e. The third kappa shape index (κ3) is 7.02. The summed E-state index contributed by atoms with van der Waals surface area (Å²) in [5.74, 6) is -1.87. The Labute approximate surface area is 237 Å². The zero-order chi connectivity index (χ0) is 29.8. The Morgan fingerprint density at radius 1 is 1.15 bits per heavy atom. The lowest BCUT2D eigenvalue weighted by Gasteiger charge is -2.34. The Morgan fingerprint density at radius 3 is 2.35 bits per heavy atom. The van der Waals surface area contributed by atoms with Gasteiger partial charge in [0.1, 0.15) is 23.2 Å². The van der Waals surface area contributed by atoms with Crippen molar-refractivity contribution in [2.24, 2.45) is 5.41 Å². The molecule has 0 radical (unpaired) electrons. The van der Waals surface area contributed by atoms with Crippen LogP contribution < -0.4 is 20.1 Å². The summed E-state index contributed by atoms with van der Waals surface area (Å²) in [7, 11) is 1.35. The van der Waals surface area contributed by atoms with Gasteiger partial charge in [-0.2, -0.15) is 5.26 Å². The average molecular weight is 574 g/mol. The Hall–Kier alpha value is -3.84. The first-order valence-electron chi connectivity index (χ1n) is 12.8. The van der Waals surface area contributed by atoms with E-state index in [9.17, 15) is 29.1 Å². The van der Waals surface area contributed by atoms with Gasteiger partial charge in [-0.1, -0.05) is 11.6 Å². The second kappa shape index (κ2) is 12.1. The summed E-state index contributed by atoms with van der Waals surface area (Å²) >= 11 is 6.14. The molecule has 3 rings (SSSR count). The van der Waals surface area contributed by atoms with Crippen LogP contribution in [0.15, 0.2) is 30.3 Å². The first-order valence-corrected chi connectivity index (χ1v) is 13.2. The van der Waals surface area contributed by atoms with Gasteiger partial charge in [0.2, 0.25) is 0 Å². The van der Waals surface area contributed by atoms with Crippen molar-refractivity contribution < 1.29 is 33.4 Å². The molecule has 2 aromatic rings. The van der Waals surface area contributed by atoms with Gasteiger partial charge in [-0.05, 0) is 77.6 Å². The molecule has 1 aliphatic rings. The van der Waals surface area contributed by atoms with E-state index in [1.165, 1.54) is 58.2 Å². The number of halogens is 2. The van der Waals surface area contributed by atoms with E-state index in [0.717, 1.165) is 0 Å². The molecule has 3 N–H and O–H groups in total. The Morgan fingerprint density at radius 2 is 1.80 bits per heavy atom. The Kier molecular flexibility index (Phi) is 9.31. The number of ether oxygens (including phenoxy) is 2. The van der Waals surface area contributed by atoms with Crippen molar-refractivity contribution in [2.75, 3.05) is 12.4 Å². The van der Waals surface area contributed by atoms with E-state index >= 15 is 0 Å². The number of hydrogen-bond acceptors (Lipinski definition) is 6. The van der Waals surface area contributed by atoms with Crippen LogP contribution in [0.3, 0.4) is 0 Å². The van der Waals surface area contributed by atoms with E-state index < -0.39 is 34.9 Å². The van der Waals surface area contributed by atoms with Crippen LogP contribution in [-0.2, 0) is 4.79 Å². The first-order chi connectivity index (χ1) is 18.7. The summed E-state index contributed by atoms with van der Waals surface area (Å²) in [4.78, 5) is 37.9. The summed E-state index contributed by atoms with van der Waals surface area (Å²) in [5, 5.41) is 24.7. The molecule has 0 aromatic heterocycles. The minimum Gasteiger partial charge on any atom is -0.496 e. The van der Waals surface area contributed by atoms with Crippen molar-refractivity contribution in [1.29, 1.82) is 5.26 Å². The van der Waals surface area contributed by atoms with Crippen LogP contribution in [0.4, 0.5) is 10.1 Å². The molecular weight excluding hydrogens is 541 g/mol. The Bertz CT molecular complexity index is 1340. The summed E-state index contributed by atoms with van der Waals surface area (Å²) in [6.45, 7) is 5.92. The van der Waals surface area contributed by atoms with Crippen LogP contribution in [0, 0.1) is 16.7 Å². The maximum Gasteiger partial charge on any atom is 0.309 e. The second-order valence-corrected chi connectivity index (χ2v) is 11.2. The number of carboxylic acid groups (broad SMARTS) is 1. The van der Waals surface area contributed by atoms with E-state index in [0.29, 0.717) is 25.7 Å². The van der Waals surface area contributed by atoms with Crippen molar-refractivity contribution in [3.05, 3.63) is 52.0 Å². The third-order valence-electron chi connectivity index (χ3n) is 7.36. The van der Waals surface area contributed by atoms with Crippen LogP contribution in [0.25, 0.3) is 0 Å². The number of carbonyl (C=O) groups excluding carboxylic acids is 2. The summed E-state index contributed by atoms with van der Waals surface area (Å²) in [6.07, 6.45) is 1.42. The predicted octanol–water partition coefficient (Wildman–Crippen LogP) is 5.75. The number of amides is 2. The van der Waals surface area contributed by atoms with Crippen LogP contribution in [0.5, 0.6) is 11.5 Å². The van der Waals surface area contributed by atoms with Gasteiger partial charge in [0.25, 0.3) is 11.8 Å². The number of nitriles is 1. The van der Waals surface area contributed by atoms with Crippen molar-refractivity contribution in [3.8, 4) is 17.6 Å². The molecule has 2 aromatic carbocycles. The predicted molar refractivity (Wildman–Crippen MR) is 148 cm³/mol. The monoisotopic (exact) mass is 573 g/mol. The molecule has 1 fully saturated rings. The fourth-order valence-electron chi connectivity index (χ4n) is 4.28. The number of methoxy groups -OCH3 is 1. The highest BCUT2D eigenvalue weighted by atomic mass is 35.5. The molecule has 1 unspecified atom stereocenters. The number of alkyl halides is 1. The molecule has 0 aliphatic heterocycles. The highest BCUT2D eigenvalue weighted by Crippen LogP contribution is 2.39. The van der Waals surface area contributed by atoms with Crippen molar-refractivity contribution in [1.82, 2.24) is 5.32 Å². The number of anilines is 1. The number of aliphatic carboxylic acids is 1. The summed E-state index contributed by atoms with van der Waals surface area (Å²) < 4.78 is 25.7. The molecule has 9 nitrogen and oxygen atoms in total. The van der Waals surface area contributed by atoms with E-state index in [-0.39, 0.29) is 45.0 Å². The van der Waals surface area contributed by atoms with Crippen molar-refractivity contribution in [2.45, 2.75) is 71.2 Å². The second-order valence-electron chi connectivity index (χ2n) is 10.7. The number of rotatable bonds is 9. The van der Waals surface area contributed by atoms with Gasteiger partial charge in [0, 0.05) is 11.1 Å². The van der Waals surface area contributed by atoms with Gasteiger partial charge in [-0.15, -0.1) is 0 Å². The fourth-order valence-corrected chi connectivity index (χ4v) is 4.46. The van der Waals surface area contributed by atoms with E-state index in [4.69, 9.17) is 21.1 Å². The van der Waals surface area contributed by atoms with Gasteiger partial charge in [0.05, 0.1) is 47.0 Å². The maximum atomic E-state index is 14.3. The van der Waals surface area contributed by atoms with Crippen LogP contribution in [0.1, 0.15) is 79.7 Å². The van der Waals surface area contributed by atoms with Crippen LogP contribution >= 0.6 is 11.6 Å². The fraction of sp³-hybridized carbons (Fsp3) is 0.448. The minimum atomic E-state index is -1.68. The lowest BCUT2D eigenvalue weighted by Crippen LogP contribution is -2.44. The van der Waals surface area contributed by atoms with E-state index in [2.05, 4.69) is 10.6 Å². The number of nitrogens with zero attached hydrogens (tertiary/aromatic N) is 1. The molecule has 0 saturated heterocycles. The summed E-state index contributed by atoms with van der Waals surface area (Å²) in [5.41, 5.74) is -2.17. The van der Waals surface area contributed by atoms with Gasteiger partial charge in [-0.3, -0.25) is 14.4 Å². The van der Waals surface area contributed by atoms with Gasteiger partial charge in [-0.25, -0.2) is 4.39 Å². The molecule has 0 heterocycles. The molecule has 11 heteroatoms. The molecule has 0 bridgehead atoms. The maximum absolute atomic E-state index is 14.3. The quantitative estimate of drug-likeness (QED) is 0.347. The summed E-state index contributed by atoms with van der Waals surface area (Å²) in [6, 6.07) is 8.29. The number of carbonyl (C=O) groups is 3. The minimum absolute atomic E-state index is 0.0345. The zero-order valence-electron chi connectivity index (χ0n) is 23.1. The van der Waals surface area contributed by atoms with Gasteiger partial charge < -0.3 is 25.2 Å². The van der Waals surface area contributed by atoms with Crippen molar-refractivity contribution in [3.63, 3.8) is 0 Å². The van der Waals surface area contributed by atoms with Crippen LogP contribution in [0.2, 0.25) is 5.02 Å². The number of nitrogens with one attached hydrogen (secondary N) is 2. The normalized spacial score (nSPS) is 19.6. The highest BCUT2D eigenvalue weighted by Gasteiger charge is 2.38. The number of hydrogen-bond donors (Lipinski definition) is 3. The molecule has 1 aliphatic carbocycles. The lowest BCUT2D eigenvalue weighted by atomic mass is 9.75. The molecule has 214 valence electrons. The Balaban J connectivity index is 1.89.